The normalized spacial score (nSPS) is 32.0. The second-order valence-electron chi connectivity index (χ2n) is 2.78. The number of rotatable bonds is 0. The molecule has 2 N–H and O–H groups in total. The Morgan fingerprint density at radius 3 is 2.10 bits per heavy atom. The zero-order valence-corrected chi connectivity index (χ0v) is 6.86. The standard InChI is InChI=1S/C8H13N.ClH/c1-2-7-3-5-8(9)6-4-7;/h1,7-8H,3-6,9H2;1H/t7-,8-;. The van der Waals surface area contributed by atoms with Crippen LogP contribution in [0.4, 0.5) is 0 Å². The summed E-state index contributed by atoms with van der Waals surface area (Å²) in [5.74, 6) is 3.29. The molecule has 0 radical (unpaired) electrons. The minimum atomic E-state index is 0. The van der Waals surface area contributed by atoms with Crippen LogP contribution in [0.2, 0.25) is 0 Å². The van der Waals surface area contributed by atoms with Gasteiger partial charge in [0.15, 0.2) is 0 Å². The molecular weight excluding hydrogens is 146 g/mol. The second kappa shape index (κ2) is 4.60. The third-order valence-electron chi connectivity index (χ3n) is 2.01. The van der Waals surface area contributed by atoms with Crippen LogP contribution in [0.15, 0.2) is 0 Å². The molecule has 2 heteroatoms. The lowest BCUT2D eigenvalue weighted by molar-refractivity contribution is 0.384. The van der Waals surface area contributed by atoms with Gasteiger partial charge in [-0.05, 0) is 25.7 Å². The van der Waals surface area contributed by atoms with Crippen LogP contribution in [0.1, 0.15) is 25.7 Å². The van der Waals surface area contributed by atoms with E-state index in [4.69, 9.17) is 12.2 Å². The van der Waals surface area contributed by atoms with Crippen molar-refractivity contribution in [2.24, 2.45) is 11.7 Å². The summed E-state index contributed by atoms with van der Waals surface area (Å²) >= 11 is 0. The highest BCUT2D eigenvalue weighted by Gasteiger charge is 2.15. The van der Waals surface area contributed by atoms with Gasteiger partial charge in [0.25, 0.3) is 0 Å². The van der Waals surface area contributed by atoms with E-state index in [-0.39, 0.29) is 12.4 Å². The highest BCUT2D eigenvalue weighted by Crippen LogP contribution is 2.21. The third kappa shape index (κ3) is 2.60. The molecule has 1 fully saturated rings. The second-order valence-corrected chi connectivity index (χ2v) is 2.78. The van der Waals surface area contributed by atoms with Crippen molar-refractivity contribution in [3.8, 4) is 12.3 Å². The van der Waals surface area contributed by atoms with Crippen LogP contribution in [-0.2, 0) is 0 Å². The molecule has 1 aliphatic rings. The predicted octanol–water partition coefficient (Wildman–Crippen LogP) is 1.56. The summed E-state index contributed by atoms with van der Waals surface area (Å²) in [5.41, 5.74) is 5.68. The number of halogens is 1. The summed E-state index contributed by atoms with van der Waals surface area (Å²) < 4.78 is 0. The maximum absolute atomic E-state index is 5.68. The maximum Gasteiger partial charge on any atom is 0.0201 e. The van der Waals surface area contributed by atoms with E-state index in [1.54, 1.807) is 0 Å². The lowest BCUT2D eigenvalue weighted by Crippen LogP contribution is -2.25. The molecule has 0 aliphatic heterocycles. The molecule has 1 nitrogen and oxygen atoms in total. The highest BCUT2D eigenvalue weighted by molar-refractivity contribution is 5.85. The predicted molar refractivity (Wildman–Crippen MR) is 46.0 cm³/mol. The maximum atomic E-state index is 5.68. The van der Waals surface area contributed by atoms with E-state index in [2.05, 4.69) is 5.92 Å². The fourth-order valence-corrected chi connectivity index (χ4v) is 1.29. The first-order valence-electron chi connectivity index (χ1n) is 3.54. The van der Waals surface area contributed by atoms with Gasteiger partial charge in [-0.2, -0.15) is 0 Å². The van der Waals surface area contributed by atoms with Gasteiger partial charge in [-0.1, -0.05) is 0 Å². The van der Waals surface area contributed by atoms with Gasteiger partial charge >= 0.3 is 0 Å². The van der Waals surface area contributed by atoms with Crippen molar-refractivity contribution in [1.29, 1.82) is 0 Å². The molecule has 0 spiro atoms. The minimum absolute atomic E-state index is 0. The monoisotopic (exact) mass is 159 g/mol. The Kier molecular flexibility index (Phi) is 4.51. The fraction of sp³-hybridized carbons (Fsp3) is 0.750. The number of hydrogen-bond acceptors (Lipinski definition) is 1. The van der Waals surface area contributed by atoms with Crippen molar-refractivity contribution in [1.82, 2.24) is 0 Å². The molecule has 0 saturated heterocycles. The first-order chi connectivity index (χ1) is 4.33. The van der Waals surface area contributed by atoms with Gasteiger partial charge in [0, 0.05) is 12.0 Å². The molecule has 0 amide bonds. The fourth-order valence-electron chi connectivity index (χ4n) is 1.29. The highest BCUT2D eigenvalue weighted by atomic mass is 35.5. The van der Waals surface area contributed by atoms with Crippen LogP contribution in [0, 0.1) is 18.3 Å². The Labute approximate surface area is 68.8 Å². The number of nitrogens with two attached hydrogens (primary N) is 1. The summed E-state index contributed by atoms with van der Waals surface area (Å²) in [4.78, 5) is 0. The summed E-state index contributed by atoms with van der Waals surface area (Å²) in [6, 6.07) is 0.426. The molecule has 0 aromatic carbocycles. The van der Waals surface area contributed by atoms with Gasteiger partial charge in [0.1, 0.15) is 0 Å². The van der Waals surface area contributed by atoms with Crippen LogP contribution in [0.3, 0.4) is 0 Å². The Balaban J connectivity index is 0.000000810. The van der Waals surface area contributed by atoms with Gasteiger partial charge in [-0.3, -0.25) is 0 Å². The topological polar surface area (TPSA) is 26.0 Å². The molecule has 1 saturated carbocycles. The molecule has 1 aliphatic carbocycles. The van der Waals surface area contributed by atoms with E-state index in [9.17, 15) is 0 Å². The van der Waals surface area contributed by atoms with E-state index >= 15 is 0 Å². The number of hydrogen-bond donors (Lipinski definition) is 1. The quantitative estimate of drug-likeness (QED) is 0.534. The van der Waals surface area contributed by atoms with Gasteiger partial charge < -0.3 is 5.73 Å². The zero-order valence-electron chi connectivity index (χ0n) is 6.05. The zero-order chi connectivity index (χ0) is 6.69. The summed E-state index contributed by atoms with van der Waals surface area (Å²) in [6.45, 7) is 0. The Morgan fingerprint density at radius 1 is 1.20 bits per heavy atom. The third-order valence-corrected chi connectivity index (χ3v) is 2.01. The van der Waals surface area contributed by atoms with Crippen LogP contribution in [0.25, 0.3) is 0 Å². The van der Waals surface area contributed by atoms with Gasteiger partial charge in [-0.15, -0.1) is 24.8 Å². The van der Waals surface area contributed by atoms with E-state index in [1.165, 1.54) is 0 Å². The summed E-state index contributed by atoms with van der Waals surface area (Å²) in [7, 11) is 0. The van der Waals surface area contributed by atoms with Crippen molar-refractivity contribution in [2.75, 3.05) is 0 Å². The summed E-state index contributed by atoms with van der Waals surface area (Å²) in [5, 5.41) is 0. The van der Waals surface area contributed by atoms with Crippen molar-refractivity contribution < 1.29 is 0 Å². The molecule has 58 valence electrons. The van der Waals surface area contributed by atoms with Crippen molar-refractivity contribution >= 4 is 12.4 Å². The molecule has 0 bridgehead atoms. The SMILES string of the molecule is C#C[C@H]1CC[C@H](N)CC1.Cl. The lowest BCUT2D eigenvalue weighted by Gasteiger charge is -2.21. The van der Waals surface area contributed by atoms with Gasteiger partial charge in [0.05, 0.1) is 0 Å². The molecule has 0 heterocycles. The molecule has 10 heavy (non-hydrogen) atoms. The van der Waals surface area contributed by atoms with E-state index < -0.39 is 0 Å². The molecule has 1 rings (SSSR count). The smallest absolute Gasteiger partial charge is 0.0201 e. The summed E-state index contributed by atoms with van der Waals surface area (Å²) in [6.07, 6.45) is 9.77. The Hall–Kier alpha value is -0.190. The van der Waals surface area contributed by atoms with E-state index in [1.807, 2.05) is 0 Å². The first kappa shape index (κ1) is 9.81. The van der Waals surface area contributed by atoms with Gasteiger partial charge in [0.2, 0.25) is 0 Å². The molecule has 0 aromatic heterocycles. The largest absolute Gasteiger partial charge is 0.328 e. The first-order valence-corrected chi connectivity index (χ1v) is 3.54. The Morgan fingerprint density at radius 2 is 1.70 bits per heavy atom. The number of terminal acetylenes is 1. The molecule has 0 unspecified atom stereocenters. The van der Waals surface area contributed by atoms with Crippen LogP contribution in [-0.4, -0.2) is 6.04 Å². The average molecular weight is 160 g/mol. The van der Waals surface area contributed by atoms with E-state index in [0.717, 1.165) is 25.7 Å². The Bertz CT molecular complexity index is 120. The van der Waals surface area contributed by atoms with Crippen molar-refractivity contribution in [2.45, 2.75) is 31.7 Å². The molecular formula is C8H14ClN. The lowest BCUT2D eigenvalue weighted by atomic mass is 9.87. The van der Waals surface area contributed by atoms with Crippen LogP contribution >= 0.6 is 12.4 Å². The van der Waals surface area contributed by atoms with E-state index in [0.29, 0.717) is 12.0 Å². The van der Waals surface area contributed by atoms with Crippen molar-refractivity contribution in [3.63, 3.8) is 0 Å². The molecule has 0 aromatic rings. The van der Waals surface area contributed by atoms with Crippen molar-refractivity contribution in [3.05, 3.63) is 0 Å². The average Bonchev–Trinajstić information content (AvgIpc) is 1.90. The molecule has 0 atom stereocenters. The minimum Gasteiger partial charge on any atom is -0.328 e. The van der Waals surface area contributed by atoms with Gasteiger partial charge in [-0.25, -0.2) is 0 Å². The van der Waals surface area contributed by atoms with Crippen LogP contribution in [0.5, 0.6) is 0 Å². The van der Waals surface area contributed by atoms with Crippen LogP contribution < -0.4 is 5.73 Å².